The van der Waals surface area contributed by atoms with E-state index in [4.69, 9.17) is 11.6 Å². The van der Waals surface area contributed by atoms with Crippen molar-refractivity contribution in [1.29, 1.82) is 0 Å². The van der Waals surface area contributed by atoms with Crippen molar-refractivity contribution in [3.63, 3.8) is 0 Å². The van der Waals surface area contributed by atoms with Crippen molar-refractivity contribution in [3.05, 3.63) is 70.2 Å². The first-order valence-corrected chi connectivity index (χ1v) is 11.8. The van der Waals surface area contributed by atoms with Gasteiger partial charge in [-0.05, 0) is 56.0 Å². The largest absolute Gasteiger partial charge is 0.352 e. The second kappa shape index (κ2) is 12.0. The minimum atomic E-state index is -0.565. The number of hydrogen-bond acceptors (Lipinski definition) is 3. The topological polar surface area (TPSA) is 49.4 Å². The normalized spacial score (nSPS) is 12.8. The van der Waals surface area contributed by atoms with E-state index in [9.17, 15) is 9.59 Å². The Kier molecular flexibility index (Phi) is 9.73. The quantitative estimate of drug-likeness (QED) is 0.544. The van der Waals surface area contributed by atoms with Gasteiger partial charge in [-0.1, -0.05) is 54.9 Å². The number of carbonyl (C=O) groups is 2. The number of amides is 2. The van der Waals surface area contributed by atoms with Crippen molar-refractivity contribution in [2.24, 2.45) is 0 Å². The van der Waals surface area contributed by atoms with Gasteiger partial charge in [-0.25, -0.2) is 0 Å². The molecule has 0 aromatic heterocycles. The molecule has 0 fully saturated rings. The first kappa shape index (κ1) is 24.3. The number of thioether (sulfide) groups is 1. The van der Waals surface area contributed by atoms with E-state index in [1.165, 1.54) is 11.1 Å². The van der Waals surface area contributed by atoms with Crippen molar-refractivity contribution in [1.82, 2.24) is 10.2 Å². The molecule has 162 valence electrons. The van der Waals surface area contributed by atoms with Crippen LogP contribution in [0.1, 0.15) is 43.9 Å². The molecular weight excluding hydrogens is 416 g/mol. The third kappa shape index (κ3) is 7.37. The van der Waals surface area contributed by atoms with Gasteiger partial charge in [0, 0.05) is 23.4 Å². The number of benzene rings is 2. The molecule has 0 saturated carbocycles. The monoisotopic (exact) mass is 446 g/mol. The number of nitrogens with zero attached hydrogens (tertiary/aromatic N) is 1. The molecule has 0 saturated heterocycles. The summed E-state index contributed by atoms with van der Waals surface area (Å²) in [6, 6.07) is 15.1. The van der Waals surface area contributed by atoms with Gasteiger partial charge in [0.05, 0.1) is 5.75 Å². The molecule has 30 heavy (non-hydrogen) atoms. The Balaban J connectivity index is 2.09. The Hall–Kier alpha value is -1.98. The molecule has 0 unspecified atom stereocenters. The van der Waals surface area contributed by atoms with Gasteiger partial charge in [0.2, 0.25) is 11.8 Å². The molecule has 0 spiro atoms. The van der Waals surface area contributed by atoms with Gasteiger partial charge in [0.15, 0.2) is 0 Å². The minimum absolute atomic E-state index is 0.0552. The highest BCUT2D eigenvalue weighted by Crippen LogP contribution is 2.19. The number of hydrogen-bond donors (Lipinski definition) is 1. The lowest BCUT2D eigenvalue weighted by atomic mass is 10.1. The lowest BCUT2D eigenvalue weighted by molar-refractivity contribution is -0.138. The molecule has 2 rings (SSSR count). The summed E-state index contributed by atoms with van der Waals surface area (Å²) in [5.74, 6) is 0.885. The summed E-state index contributed by atoms with van der Waals surface area (Å²) < 4.78 is 0. The van der Waals surface area contributed by atoms with Crippen LogP contribution in [0.5, 0.6) is 0 Å². The van der Waals surface area contributed by atoms with Crippen LogP contribution in [0, 0.1) is 6.92 Å². The van der Waals surface area contributed by atoms with Crippen LogP contribution in [-0.4, -0.2) is 34.6 Å². The Morgan fingerprint density at radius 1 is 1.13 bits per heavy atom. The zero-order valence-corrected chi connectivity index (χ0v) is 19.7. The van der Waals surface area contributed by atoms with Gasteiger partial charge >= 0.3 is 0 Å². The van der Waals surface area contributed by atoms with Crippen molar-refractivity contribution in [2.45, 2.75) is 58.5 Å². The van der Waals surface area contributed by atoms with Gasteiger partial charge in [-0.2, -0.15) is 0 Å². The van der Waals surface area contributed by atoms with Crippen molar-refractivity contribution < 1.29 is 9.59 Å². The summed E-state index contributed by atoms with van der Waals surface area (Å²) in [5.41, 5.74) is 3.34. The van der Waals surface area contributed by atoms with Gasteiger partial charge in [0.25, 0.3) is 0 Å². The highest BCUT2D eigenvalue weighted by atomic mass is 35.5. The minimum Gasteiger partial charge on any atom is -0.352 e. The molecule has 0 aliphatic carbocycles. The van der Waals surface area contributed by atoms with E-state index in [0.29, 0.717) is 17.3 Å². The number of carbonyl (C=O) groups excluding carboxylic acids is 2. The average Bonchev–Trinajstić information content (AvgIpc) is 2.72. The number of nitrogens with one attached hydrogen (secondary N) is 1. The molecule has 2 amide bonds. The Labute approximate surface area is 189 Å². The molecule has 6 heteroatoms. The van der Waals surface area contributed by atoms with E-state index in [2.05, 4.69) is 24.4 Å². The maximum absolute atomic E-state index is 13.1. The van der Waals surface area contributed by atoms with Crippen LogP contribution in [0.4, 0.5) is 0 Å². The number of rotatable bonds is 10. The molecule has 1 N–H and O–H groups in total. The van der Waals surface area contributed by atoms with E-state index in [1.54, 1.807) is 29.7 Å². The molecule has 0 aliphatic heterocycles. The summed E-state index contributed by atoms with van der Waals surface area (Å²) in [6.07, 6.45) is 0.840. The molecular formula is C24H31ClN2O2S. The van der Waals surface area contributed by atoms with Crippen LogP contribution < -0.4 is 5.32 Å². The first-order valence-electron chi connectivity index (χ1n) is 10.3. The molecule has 4 nitrogen and oxygen atoms in total. The maximum Gasteiger partial charge on any atom is 0.242 e. The summed E-state index contributed by atoms with van der Waals surface area (Å²) in [5, 5.41) is 3.60. The molecule has 2 aromatic carbocycles. The molecule has 0 aliphatic rings. The zero-order chi connectivity index (χ0) is 22.1. The Morgan fingerprint density at radius 2 is 1.87 bits per heavy atom. The molecule has 0 radical (unpaired) electrons. The highest BCUT2D eigenvalue weighted by molar-refractivity contribution is 7.99. The van der Waals surface area contributed by atoms with Gasteiger partial charge in [0.1, 0.15) is 6.04 Å². The molecule has 0 heterocycles. The Bertz CT molecular complexity index is 859. The lowest BCUT2D eigenvalue weighted by Gasteiger charge is -2.29. The van der Waals surface area contributed by atoms with Crippen LogP contribution in [0.2, 0.25) is 5.02 Å². The van der Waals surface area contributed by atoms with E-state index >= 15 is 0 Å². The zero-order valence-electron chi connectivity index (χ0n) is 18.2. The van der Waals surface area contributed by atoms with E-state index in [0.717, 1.165) is 17.7 Å². The fourth-order valence-electron chi connectivity index (χ4n) is 2.98. The third-order valence-corrected chi connectivity index (χ3v) is 6.36. The summed E-state index contributed by atoms with van der Waals surface area (Å²) >= 11 is 7.69. The summed E-state index contributed by atoms with van der Waals surface area (Å²) in [6.45, 7) is 8.19. The molecule has 2 atom stereocenters. The third-order valence-electron chi connectivity index (χ3n) is 5.15. The fraction of sp³-hybridized carbons (Fsp3) is 0.417. The second-order valence-corrected chi connectivity index (χ2v) is 8.99. The summed E-state index contributed by atoms with van der Waals surface area (Å²) in [7, 11) is 0. The SMILES string of the molecule is CC[C@@H](C)NC(=O)[C@H](C)N(Cc1cccc(Cl)c1)C(=O)CSCc1ccccc1C. The summed E-state index contributed by atoms with van der Waals surface area (Å²) in [4.78, 5) is 27.5. The number of halogens is 1. The van der Waals surface area contributed by atoms with Crippen molar-refractivity contribution in [3.8, 4) is 0 Å². The van der Waals surface area contributed by atoms with E-state index < -0.39 is 6.04 Å². The van der Waals surface area contributed by atoms with Crippen LogP contribution in [0.25, 0.3) is 0 Å². The van der Waals surface area contributed by atoms with Gasteiger partial charge < -0.3 is 10.2 Å². The van der Waals surface area contributed by atoms with Gasteiger partial charge in [-0.3, -0.25) is 9.59 Å². The van der Waals surface area contributed by atoms with Gasteiger partial charge in [-0.15, -0.1) is 11.8 Å². The van der Waals surface area contributed by atoms with Crippen LogP contribution in [-0.2, 0) is 21.9 Å². The maximum atomic E-state index is 13.1. The first-order chi connectivity index (χ1) is 14.3. The number of aryl methyl sites for hydroxylation is 1. The van der Waals surface area contributed by atoms with Crippen LogP contribution in [0.15, 0.2) is 48.5 Å². The van der Waals surface area contributed by atoms with E-state index in [-0.39, 0.29) is 17.9 Å². The molecule has 0 bridgehead atoms. The fourth-order valence-corrected chi connectivity index (χ4v) is 4.18. The predicted molar refractivity (Wildman–Crippen MR) is 127 cm³/mol. The standard InChI is InChI=1S/C24H31ClN2O2S/c1-5-18(3)26-24(29)19(4)27(14-20-10-8-12-22(25)13-20)23(28)16-30-15-21-11-7-6-9-17(21)2/h6-13,18-19H,5,14-16H2,1-4H3,(H,26,29)/t18-,19+/m1/s1. The Morgan fingerprint density at radius 3 is 2.53 bits per heavy atom. The van der Waals surface area contributed by atoms with Crippen molar-refractivity contribution in [2.75, 3.05) is 5.75 Å². The predicted octanol–water partition coefficient (Wildman–Crippen LogP) is 5.21. The van der Waals surface area contributed by atoms with E-state index in [1.807, 2.05) is 44.2 Å². The highest BCUT2D eigenvalue weighted by Gasteiger charge is 2.26. The van der Waals surface area contributed by atoms with Crippen LogP contribution >= 0.6 is 23.4 Å². The van der Waals surface area contributed by atoms with Crippen molar-refractivity contribution >= 4 is 35.2 Å². The average molecular weight is 447 g/mol. The smallest absolute Gasteiger partial charge is 0.242 e. The molecule has 2 aromatic rings. The van der Waals surface area contributed by atoms with Crippen LogP contribution in [0.3, 0.4) is 0 Å². The lowest BCUT2D eigenvalue weighted by Crippen LogP contribution is -2.50. The second-order valence-electron chi connectivity index (χ2n) is 7.56.